The van der Waals surface area contributed by atoms with Crippen LogP contribution in [0.25, 0.3) is 0 Å². The van der Waals surface area contributed by atoms with E-state index < -0.39 is 0 Å². The normalized spacial score (nSPS) is 20.4. The summed E-state index contributed by atoms with van der Waals surface area (Å²) in [5.74, 6) is 0.756. The molecule has 8 nitrogen and oxygen atoms in total. The van der Waals surface area contributed by atoms with Crippen LogP contribution in [0.2, 0.25) is 0 Å². The van der Waals surface area contributed by atoms with Gasteiger partial charge in [0.15, 0.2) is 6.61 Å². The third kappa shape index (κ3) is 6.39. The highest BCUT2D eigenvalue weighted by atomic mass is 16.5. The van der Waals surface area contributed by atoms with E-state index in [9.17, 15) is 14.4 Å². The number of likely N-dealkylation sites (tertiary alicyclic amines) is 1. The highest BCUT2D eigenvalue weighted by Crippen LogP contribution is 2.22. The number of piperidine rings is 1. The van der Waals surface area contributed by atoms with Gasteiger partial charge in [0.05, 0.1) is 0 Å². The fraction of sp³-hybridized carbons (Fsp3) is 0.640. The molecule has 0 atom stereocenters. The van der Waals surface area contributed by atoms with E-state index in [1.165, 1.54) is 19.3 Å². The molecular weight excluding hydrogens is 420 g/mol. The van der Waals surface area contributed by atoms with Gasteiger partial charge in [0.25, 0.3) is 5.91 Å². The zero-order valence-corrected chi connectivity index (χ0v) is 19.4. The molecule has 2 aliphatic heterocycles. The molecule has 0 unspecified atom stereocenters. The van der Waals surface area contributed by atoms with Crippen molar-refractivity contribution in [3.8, 4) is 5.75 Å². The Kier molecular flexibility index (Phi) is 8.07. The monoisotopic (exact) mass is 456 g/mol. The Bertz CT molecular complexity index is 796. The number of benzene rings is 1. The second kappa shape index (κ2) is 11.4. The molecule has 4 rings (SSSR count). The van der Waals surface area contributed by atoms with Crippen molar-refractivity contribution in [2.75, 3.05) is 45.9 Å². The molecule has 3 aliphatic rings. The molecule has 4 amide bonds. The number of rotatable bonds is 5. The highest BCUT2D eigenvalue weighted by molar-refractivity contribution is 5.81. The van der Waals surface area contributed by atoms with Crippen LogP contribution in [0.4, 0.5) is 4.79 Å². The van der Waals surface area contributed by atoms with Crippen LogP contribution in [0.5, 0.6) is 5.75 Å². The number of urea groups is 1. The third-order valence-corrected chi connectivity index (χ3v) is 7.11. The number of piperazine rings is 1. The molecule has 0 radical (unpaired) electrons. The lowest BCUT2D eigenvalue weighted by Gasteiger charge is -2.39. The average Bonchev–Trinajstić information content (AvgIpc) is 2.88. The quantitative estimate of drug-likeness (QED) is 0.738. The average molecular weight is 457 g/mol. The van der Waals surface area contributed by atoms with Crippen LogP contribution in [0.15, 0.2) is 30.3 Å². The number of carbonyl (C=O) groups is 3. The van der Waals surface area contributed by atoms with Crippen molar-refractivity contribution >= 4 is 17.8 Å². The first-order chi connectivity index (χ1) is 16.1. The molecule has 0 aromatic heterocycles. The van der Waals surface area contributed by atoms with Crippen LogP contribution in [0.1, 0.15) is 44.9 Å². The van der Waals surface area contributed by atoms with Crippen LogP contribution in [0.3, 0.4) is 0 Å². The maximum absolute atomic E-state index is 13.0. The lowest BCUT2D eigenvalue weighted by atomic mass is 9.95. The molecule has 1 N–H and O–H groups in total. The minimum absolute atomic E-state index is 0.0125. The molecule has 0 spiro atoms. The second-order valence-corrected chi connectivity index (χ2v) is 9.35. The number of nitrogens with one attached hydrogen (secondary N) is 1. The largest absolute Gasteiger partial charge is 0.484 e. The molecule has 180 valence electrons. The van der Waals surface area contributed by atoms with Gasteiger partial charge >= 0.3 is 6.03 Å². The van der Waals surface area contributed by atoms with Crippen LogP contribution in [-0.4, -0.2) is 84.5 Å². The van der Waals surface area contributed by atoms with Crippen LogP contribution in [-0.2, 0) is 9.59 Å². The van der Waals surface area contributed by atoms with Gasteiger partial charge in [-0.15, -0.1) is 0 Å². The van der Waals surface area contributed by atoms with Gasteiger partial charge < -0.3 is 24.8 Å². The summed E-state index contributed by atoms with van der Waals surface area (Å²) in [4.78, 5) is 43.5. The fourth-order valence-electron chi connectivity index (χ4n) is 5.03. The van der Waals surface area contributed by atoms with Gasteiger partial charge in [-0.25, -0.2) is 4.79 Å². The lowest BCUT2D eigenvalue weighted by Crippen LogP contribution is -2.56. The molecule has 33 heavy (non-hydrogen) atoms. The van der Waals surface area contributed by atoms with Crippen LogP contribution < -0.4 is 10.1 Å². The summed E-state index contributed by atoms with van der Waals surface area (Å²) in [5.41, 5.74) is 0. The standard InChI is InChI=1S/C25H36N4O4/c30-23(19-33-22-9-5-2-6-10-22)27-13-11-20(12-14-27)24(31)28-15-17-29(18-16-28)25(32)26-21-7-3-1-4-8-21/h2,5-6,9-10,20-21H,1,3-4,7-8,11-19H2,(H,26,32). The summed E-state index contributed by atoms with van der Waals surface area (Å²) in [6.45, 7) is 3.51. The van der Waals surface area contributed by atoms with Gasteiger partial charge in [-0.3, -0.25) is 9.59 Å². The summed E-state index contributed by atoms with van der Waals surface area (Å²) in [5, 5.41) is 3.17. The first kappa shape index (κ1) is 23.4. The first-order valence-corrected chi connectivity index (χ1v) is 12.4. The molecular formula is C25H36N4O4. The third-order valence-electron chi connectivity index (χ3n) is 7.11. The Balaban J connectivity index is 1.15. The number of nitrogens with zero attached hydrogens (tertiary/aromatic N) is 3. The SMILES string of the molecule is O=C(COc1ccccc1)N1CCC(C(=O)N2CCN(C(=O)NC3CCCCC3)CC2)CC1. The van der Waals surface area contributed by atoms with Crippen LogP contribution in [0, 0.1) is 5.92 Å². The number of amides is 4. The van der Waals surface area contributed by atoms with E-state index in [-0.39, 0.29) is 30.4 Å². The van der Waals surface area contributed by atoms with Crippen molar-refractivity contribution in [2.24, 2.45) is 5.92 Å². The Labute approximate surface area is 196 Å². The predicted octanol–water partition coefficient (Wildman–Crippen LogP) is 2.49. The second-order valence-electron chi connectivity index (χ2n) is 9.35. The van der Waals surface area contributed by atoms with E-state index >= 15 is 0 Å². The van der Waals surface area contributed by atoms with Gasteiger partial charge in [0.1, 0.15) is 5.75 Å². The van der Waals surface area contributed by atoms with Gasteiger partial charge in [0, 0.05) is 51.2 Å². The molecule has 0 bridgehead atoms. The van der Waals surface area contributed by atoms with Crippen molar-refractivity contribution in [3.63, 3.8) is 0 Å². The summed E-state index contributed by atoms with van der Waals surface area (Å²) in [6.07, 6.45) is 7.15. The smallest absolute Gasteiger partial charge is 0.317 e. The van der Waals surface area contributed by atoms with E-state index in [1.54, 1.807) is 4.90 Å². The molecule has 3 fully saturated rings. The van der Waals surface area contributed by atoms with Crippen molar-refractivity contribution in [2.45, 2.75) is 51.0 Å². The van der Waals surface area contributed by atoms with Crippen molar-refractivity contribution in [3.05, 3.63) is 30.3 Å². The molecule has 1 aromatic rings. The van der Waals surface area contributed by atoms with E-state index in [2.05, 4.69) is 5.32 Å². The molecule has 2 saturated heterocycles. The van der Waals surface area contributed by atoms with Gasteiger partial charge in [-0.05, 0) is 37.8 Å². The van der Waals surface area contributed by atoms with Gasteiger partial charge in [0.2, 0.25) is 5.91 Å². The van der Waals surface area contributed by atoms with E-state index in [4.69, 9.17) is 4.74 Å². The molecule has 8 heteroatoms. The van der Waals surface area contributed by atoms with Gasteiger partial charge in [-0.1, -0.05) is 37.5 Å². The summed E-state index contributed by atoms with van der Waals surface area (Å²) >= 11 is 0. The number of para-hydroxylation sites is 1. The summed E-state index contributed by atoms with van der Waals surface area (Å²) < 4.78 is 5.56. The minimum Gasteiger partial charge on any atom is -0.484 e. The summed E-state index contributed by atoms with van der Waals surface area (Å²) in [7, 11) is 0. The lowest BCUT2D eigenvalue weighted by molar-refractivity contribution is -0.142. The van der Waals surface area contributed by atoms with Crippen molar-refractivity contribution < 1.29 is 19.1 Å². The molecule has 1 saturated carbocycles. The minimum atomic E-state index is -0.0493. The number of carbonyl (C=O) groups excluding carboxylic acids is 3. The fourth-order valence-corrected chi connectivity index (χ4v) is 5.03. The Morgan fingerprint density at radius 1 is 0.788 bits per heavy atom. The zero-order valence-electron chi connectivity index (χ0n) is 19.4. The predicted molar refractivity (Wildman–Crippen MR) is 125 cm³/mol. The zero-order chi connectivity index (χ0) is 23.0. The maximum Gasteiger partial charge on any atom is 0.317 e. The van der Waals surface area contributed by atoms with Crippen molar-refractivity contribution in [1.29, 1.82) is 0 Å². The molecule has 1 aromatic carbocycles. The van der Waals surface area contributed by atoms with E-state index in [0.29, 0.717) is 63.9 Å². The molecule has 2 heterocycles. The molecule has 1 aliphatic carbocycles. The first-order valence-electron chi connectivity index (χ1n) is 12.4. The number of hydrogen-bond acceptors (Lipinski definition) is 4. The van der Waals surface area contributed by atoms with Crippen LogP contribution >= 0.6 is 0 Å². The van der Waals surface area contributed by atoms with Crippen molar-refractivity contribution in [1.82, 2.24) is 20.0 Å². The Morgan fingerprint density at radius 2 is 1.42 bits per heavy atom. The number of ether oxygens (including phenoxy) is 1. The number of hydrogen-bond donors (Lipinski definition) is 1. The highest BCUT2D eigenvalue weighted by Gasteiger charge is 2.32. The van der Waals surface area contributed by atoms with E-state index in [1.807, 2.05) is 40.1 Å². The van der Waals surface area contributed by atoms with Gasteiger partial charge in [-0.2, -0.15) is 0 Å². The topological polar surface area (TPSA) is 82.2 Å². The Morgan fingerprint density at radius 3 is 2.09 bits per heavy atom. The van der Waals surface area contributed by atoms with E-state index in [0.717, 1.165) is 12.8 Å². The Hall–Kier alpha value is -2.77. The maximum atomic E-state index is 13.0. The summed E-state index contributed by atoms with van der Waals surface area (Å²) in [6, 6.07) is 9.63.